The summed E-state index contributed by atoms with van der Waals surface area (Å²) in [6.45, 7) is 17.6. The van der Waals surface area contributed by atoms with Crippen LogP contribution in [0.25, 0.3) is 33.6 Å². The van der Waals surface area contributed by atoms with Gasteiger partial charge in [0.05, 0.1) is 0 Å². The van der Waals surface area contributed by atoms with Gasteiger partial charge in [0.25, 0.3) is 6.71 Å². The Hall–Kier alpha value is -5.36. The molecule has 0 N–H and O–H groups in total. The van der Waals surface area contributed by atoms with E-state index >= 15 is 0 Å². The number of aryl methyl sites for hydroxylation is 2. The Morgan fingerprint density at radius 1 is 0.579 bits per heavy atom. The van der Waals surface area contributed by atoms with Crippen LogP contribution in [0.4, 0.5) is 4.39 Å². The van der Waals surface area contributed by atoms with Gasteiger partial charge in [0.2, 0.25) is 0 Å². The summed E-state index contributed by atoms with van der Waals surface area (Å²) in [5.41, 5.74) is 14.0. The van der Waals surface area contributed by atoms with Gasteiger partial charge in [0.1, 0.15) is 23.0 Å². The van der Waals surface area contributed by atoms with Crippen LogP contribution in [0.5, 0.6) is 23.0 Å². The van der Waals surface area contributed by atoms with Crippen molar-refractivity contribution in [2.24, 2.45) is 0 Å². The molecule has 4 nitrogen and oxygen atoms in total. The molecular weight excluding hydrogens is 883 g/mol. The van der Waals surface area contributed by atoms with Crippen LogP contribution in [0, 0.1) is 31.8 Å². The summed E-state index contributed by atoms with van der Waals surface area (Å²) >= 11 is 0. The van der Waals surface area contributed by atoms with Gasteiger partial charge in [-0.05, 0) is 99.1 Å². The molecule has 0 fully saturated rings. The minimum atomic E-state index is -0.275. The fraction of sp³-hybridized carbons (Fsp3) is 0.200. The molecule has 0 unspecified atom stereocenters. The Bertz CT molecular complexity index is 2490. The predicted molar refractivity (Wildman–Crippen MR) is 227 cm³/mol. The van der Waals surface area contributed by atoms with Crippen molar-refractivity contribution in [3.63, 3.8) is 0 Å². The number of pyridine rings is 2. The Morgan fingerprint density at radius 3 is 1.70 bits per heavy atom. The molecule has 9 rings (SSSR count). The van der Waals surface area contributed by atoms with E-state index in [0.29, 0.717) is 0 Å². The van der Waals surface area contributed by atoms with Crippen molar-refractivity contribution in [2.75, 3.05) is 0 Å². The van der Waals surface area contributed by atoms with Crippen molar-refractivity contribution in [2.45, 2.75) is 66.2 Å². The molecule has 0 atom stereocenters. The third kappa shape index (κ3) is 8.10. The van der Waals surface area contributed by atoms with E-state index < -0.39 is 0 Å². The van der Waals surface area contributed by atoms with Crippen LogP contribution in [0.2, 0.25) is 0 Å². The third-order valence-corrected chi connectivity index (χ3v) is 10.7. The smallest absolute Gasteiger partial charge is 0.260 e. The summed E-state index contributed by atoms with van der Waals surface area (Å²) in [6.07, 6.45) is 3.74. The number of benzene rings is 5. The van der Waals surface area contributed by atoms with Gasteiger partial charge in [-0.1, -0.05) is 89.6 Å². The van der Waals surface area contributed by atoms with Gasteiger partial charge in [-0.2, -0.15) is 0 Å². The molecule has 57 heavy (non-hydrogen) atoms. The molecule has 1 radical (unpaired) electrons. The van der Waals surface area contributed by atoms with Crippen LogP contribution in [0.1, 0.15) is 63.8 Å². The molecule has 4 heterocycles. The van der Waals surface area contributed by atoms with Crippen molar-refractivity contribution in [3.05, 3.63) is 162 Å². The van der Waals surface area contributed by atoms with Crippen molar-refractivity contribution in [3.8, 4) is 56.6 Å². The molecule has 2 aliphatic heterocycles. The summed E-state index contributed by atoms with van der Waals surface area (Å²) in [6, 6.07) is 42.2. The SMILES string of the molecule is CC(C)(C)c1ccc2c(c1)B1c3cc(C(C)(C)C)ccc3Oc3cc(-c4ccc(-c5[c-]cccc5)nc4)cc(c31)O2.Cc1cnc(-c2[c-]cc(F)cc2)cc1C.[Ir]. The fourth-order valence-electron chi connectivity index (χ4n) is 7.22. The van der Waals surface area contributed by atoms with E-state index in [2.05, 4.69) is 113 Å². The first-order valence-corrected chi connectivity index (χ1v) is 19.1. The standard InChI is InChI=1S/C37H33BNO2.C13H11FN.Ir/c1-36(2,3)26-13-16-31-28(20-26)38-29-21-27(37(4,5)6)14-17-32(29)41-34-19-25(18-33(40-31)35(34)38)24-12-15-30(39-22-24)23-10-8-7-9-11-23;1-9-7-13(15-8-10(9)2)11-3-5-12(14)6-4-11;/h7-10,12-22H,1-6H3;3,5-8H,1-2H3;/q2*-1;. The Morgan fingerprint density at radius 2 is 1.19 bits per heavy atom. The maximum atomic E-state index is 12.7. The molecule has 5 aromatic carbocycles. The molecule has 0 saturated carbocycles. The quantitative estimate of drug-likeness (QED) is 0.131. The number of hydrogen-bond donors (Lipinski definition) is 0. The molecule has 0 amide bonds. The zero-order valence-corrected chi connectivity index (χ0v) is 35.9. The number of hydrogen-bond acceptors (Lipinski definition) is 4. The average Bonchev–Trinajstić information content (AvgIpc) is 3.18. The minimum Gasteiger partial charge on any atom is -0.458 e. The van der Waals surface area contributed by atoms with Gasteiger partial charge in [-0.25, -0.2) is 0 Å². The van der Waals surface area contributed by atoms with Gasteiger partial charge in [-0.15, -0.1) is 65.7 Å². The van der Waals surface area contributed by atoms with Crippen LogP contribution in [0.15, 0.2) is 122 Å². The molecule has 2 aromatic heterocycles. The van der Waals surface area contributed by atoms with Gasteiger partial charge < -0.3 is 19.4 Å². The van der Waals surface area contributed by atoms with E-state index in [-0.39, 0.29) is 43.5 Å². The van der Waals surface area contributed by atoms with Gasteiger partial charge in [0, 0.05) is 43.8 Å². The monoisotopic (exact) mass is 927 g/mol. The first-order valence-electron chi connectivity index (χ1n) is 19.1. The zero-order chi connectivity index (χ0) is 39.4. The average molecular weight is 927 g/mol. The van der Waals surface area contributed by atoms with Crippen LogP contribution in [-0.4, -0.2) is 16.7 Å². The number of nitrogens with zero attached hydrogens (tertiary/aromatic N) is 2. The molecular formula is C50H44BFIrN2O2-2. The molecule has 7 aromatic rings. The van der Waals surface area contributed by atoms with Crippen LogP contribution in [-0.2, 0) is 30.9 Å². The van der Waals surface area contributed by atoms with E-state index in [1.807, 2.05) is 62.6 Å². The normalized spacial score (nSPS) is 12.4. The summed E-state index contributed by atoms with van der Waals surface area (Å²) in [4.78, 5) is 9.03. The largest absolute Gasteiger partial charge is 0.458 e. The summed E-state index contributed by atoms with van der Waals surface area (Å²) < 4.78 is 26.0. The van der Waals surface area contributed by atoms with Crippen molar-refractivity contribution < 1.29 is 34.0 Å². The molecule has 7 heteroatoms. The van der Waals surface area contributed by atoms with Crippen molar-refractivity contribution in [1.29, 1.82) is 0 Å². The number of fused-ring (bicyclic) bond motifs is 4. The summed E-state index contributed by atoms with van der Waals surface area (Å²) in [5.74, 6) is 3.21. The molecule has 0 saturated heterocycles. The molecule has 0 spiro atoms. The van der Waals surface area contributed by atoms with Gasteiger partial charge >= 0.3 is 0 Å². The van der Waals surface area contributed by atoms with E-state index in [1.165, 1.54) is 39.7 Å². The van der Waals surface area contributed by atoms with Gasteiger partial charge in [-0.3, -0.25) is 4.39 Å². The number of aromatic nitrogens is 2. The van der Waals surface area contributed by atoms with E-state index in [9.17, 15) is 4.39 Å². The Balaban J connectivity index is 0.000000261. The molecule has 0 aliphatic carbocycles. The topological polar surface area (TPSA) is 44.2 Å². The third-order valence-electron chi connectivity index (χ3n) is 10.7. The summed E-state index contributed by atoms with van der Waals surface area (Å²) in [7, 11) is 0. The molecule has 287 valence electrons. The predicted octanol–water partition coefficient (Wildman–Crippen LogP) is 10.8. The van der Waals surface area contributed by atoms with Crippen LogP contribution >= 0.6 is 0 Å². The van der Waals surface area contributed by atoms with Crippen LogP contribution in [0.3, 0.4) is 0 Å². The van der Waals surface area contributed by atoms with E-state index in [0.717, 1.165) is 67.7 Å². The minimum absolute atomic E-state index is 0. The zero-order valence-electron chi connectivity index (χ0n) is 33.5. The second kappa shape index (κ2) is 15.5. The first-order chi connectivity index (χ1) is 26.7. The van der Waals surface area contributed by atoms with Crippen molar-refractivity contribution in [1.82, 2.24) is 9.97 Å². The second-order valence-corrected chi connectivity index (χ2v) is 16.8. The first kappa shape index (κ1) is 39.9. The Kier molecular flexibility index (Phi) is 10.9. The van der Waals surface area contributed by atoms with Crippen LogP contribution < -0.4 is 25.9 Å². The van der Waals surface area contributed by atoms with Gasteiger partial charge in [0.15, 0.2) is 0 Å². The fourth-order valence-corrected chi connectivity index (χ4v) is 7.22. The number of halogens is 1. The molecule has 2 aliphatic rings. The summed E-state index contributed by atoms with van der Waals surface area (Å²) in [5, 5.41) is 0. The number of ether oxygens (including phenoxy) is 2. The maximum Gasteiger partial charge on any atom is 0.260 e. The molecule has 0 bridgehead atoms. The second-order valence-electron chi connectivity index (χ2n) is 16.8. The number of rotatable bonds is 3. The van der Waals surface area contributed by atoms with E-state index in [4.69, 9.17) is 14.5 Å². The Labute approximate surface area is 350 Å². The van der Waals surface area contributed by atoms with E-state index in [1.54, 1.807) is 6.07 Å². The maximum absolute atomic E-state index is 12.7. The van der Waals surface area contributed by atoms with Crippen molar-refractivity contribution >= 4 is 23.1 Å².